The Kier molecular flexibility index (Phi) is 4.28. The van der Waals surface area contributed by atoms with Crippen molar-refractivity contribution in [2.24, 2.45) is 0 Å². The first-order valence-electron chi connectivity index (χ1n) is 6.46. The van der Waals surface area contributed by atoms with Crippen LogP contribution in [0, 0.1) is 13.8 Å². The third-order valence-corrected chi connectivity index (χ3v) is 3.02. The number of pyridine rings is 1. The molecule has 21 heavy (non-hydrogen) atoms. The number of hydrogen-bond donors (Lipinski definition) is 1. The van der Waals surface area contributed by atoms with Gasteiger partial charge in [-0.2, -0.15) is 0 Å². The lowest BCUT2D eigenvalue weighted by molar-refractivity contribution is -0.132. The normalized spacial score (nSPS) is 11.2. The predicted octanol–water partition coefficient (Wildman–Crippen LogP) is 3.05. The van der Waals surface area contributed by atoms with Crippen molar-refractivity contribution in [2.75, 3.05) is 0 Å². The molecule has 2 aromatic rings. The Hall–Kier alpha value is -2.75. The Bertz CT molecular complexity index is 715. The summed E-state index contributed by atoms with van der Waals surface area (Å²) in [7, 11) is 0. The molecule has 0 bridgehead atoms. The molecule has 0 fully saturated rings. The monoisotopic (exact) mass is 281 g/mol. The minimum atomic E-state index is -1.24. The zero-order chi connectivity index (χ0) is 15.4. The number of hydrogen-bond acceptors (Lipinski definition) is 3. The average Bonchev–Trinajstić information content (AvgIpc) is 2.44. The Labute approximate surface area is 122 Å². The molecule has 1 heterocycles. The van der Waals surface area contributed by atoms with Gasteiger partial charge >= 0.3 is 5.97 Å². The van der Waals surface area contributed by atoms with Gasteiger partial charge in [0.2, 0.25) is 0 Å². The zero-order valence-electron chi connectivity index (χ0n) is 11.8. The average molecular weight is 281 g/mol. The van der Waals surface area contributed by atoms with Crippen LogP contribution >= 0.6 is 0 Å². The molecule has 0 amide bonds. The van der Waals surface area contributed by atoms with E-state index in [1.54, 1.807) is 49.5 Å². The molecule has 0 aliphatic rings. The van der Waals surface area contributed by atoms with Gasteiger partial charge < -0.3 is 5.11 Å². The maximum atomic E-state index is 12.3. The third-order valence-electron chi connectivity index (χ3n) is 3.02. The molecule has 0 unspecified atom stereocenters. The number of carbonyl (C=O) groups is 2. The molecule has 2 rings (SSSR count). The highest BCUT2D eigenvalue weighted by Gasteiger charge is 2.19. The van der Waals surface area contributed by atoms with Crippen LogP contribution < -0.4 is 0 Å². The van der Waals surface area contributed by atoms with E-state index in [0.717, 1.165) is 11.3 Å². The molecule has 4 heteroatoms. The zero-order valence-corrected chi connectivity index (χ0v) is 11.8. The van der Waals surface area contributed by atoms with Gasteiger partial charge in [0, 0.05) is 17.5 Å². The number of benzene rings is 1. The molecule has 0 saturated carbocycles. The van der Waals surface area contributed by atoms with E-state index in [1.807, 2.05) is 6.92 Å². The van der Waals surface area contributed by atoms with Gasteiger partial charge in [-0.05, 0) is 37.6 Å². The second-order valence-electron chi connectivity index (χ2n) is 4.79. The summed E-state index contributed by atoms with van der Waals surface area (Å²) in [6.45, 7) is 3.71. The van der Waals surface area contributed by atoms with Gasteiger partial charge in [0.25, 0.3) is 0 Å². The fourth-order valence-electron chi connectivity index (χ4n) is 1.91. The second kappa shape index (κ2) is 6.13. The number of aromatic nitrogens is 1. The number of carboxylic acid groups (broad SMARTS) is 1. The van der Waals surface area contributed by atoms with Crippen LogP contribution in [0.3, 0.4) is 0 Å². The van der Waals surface area contributed by atoms with Crippen LogP contribution in [0.15, 0.2) is 48.2 Å². The van der Waals surface area contributed by atoms with E-state index in [1.165, 1.54) is 6.08 Å². The van der Waals surface area contributed by atoms with Crippen LogP contribution in [0.25, 0.3) is 6.08 Å². The minimum absolute atomic E-state index is 0.260. The first kappa shape index (κ1) is 14.7. The fraction of sp³-hybridized carbons (Fsp3) is 0.118. The summed E-state index contributed by atoms with van der Waals surface area (Å²) in [5.74, 6) is -1.74. The Morgan fingerprint density at radius 3 is 2.33 bits per heavy atom. The van der Waals surface area contributed by atoms with Crippen molar-refractivity contribution in [3.8, 4) is 0 Å². The number of carbonyl (C=O) groups excluding carboxylic acids is 1. The van der Waals surface area contributed by atoms with Crippen molar-refractivity contribution in [1.29, 1.82) is 0 Å². The highest BCUT2D eigenvalue weighted by molar-refractivity contribution is 6.26. The highest BCUT2D eigenvalue weighted by atomic mass is 16.4. The van der Waals surface area contributed by atoms with Gasteiger partial charge in [0.05, 0.1) is 0 Å². The van der Waals surface area contributed by atoms with Gasteiger partial charge in [0.15, 0.2) is 5.78 Å². The molecule has 0 atom stereocenters. The van der Waals surface area contributed by atoms with Gasteiger partial charge in [-0.25, -0.2) is 4.79 Å². The van der Waals surface area contributed by atoms with Crippen molar-refractivity contribution in [3.63, 3.8) is 0 Å². The number of ketones is 1. The van der Waals surface area contributed by atoms with E-state index in [9.17, 15) is 14.7 Å². The largest absolute Gasteiger partial charge is 0.478 e. The molecule has 4 nitrogen and oxygen atoms in total. The van der Waals surface area contributed by atoms with Gasteiger partial charge in [-0.15, -0.1) is 0 Å². The topological polar surface area (TPSA) is 67.3 Å². The van der Waals surface area contributed by atoms with Crippen LogP contribution in [0.5, 0.6) is 0 Å². The summed E-state index contributed by atoms with van der Waals surface area (Å²) in [6, 6.07) is 10.2. The van der Waals surface area contributed by atoms with Crippen LogP contribution in [-0.2, 0) is 4.79 Å². The molecule has 1 aromatic carbocycles. The summed E-state index contributed by atoms with van der Waals surface area (Å²) < 4.78 is 0. The minimum Gasteiger partial charge on any atom is -0.478 e. The summed E-state index contributed by atoms with van der Waals surface area (Å²) >= 11 is 0. The van der Waals surface area contributed by atoms with E-state index in [4.69, 9.17) is 0 Å². The van der Waals surface area contributed by atoms with E-state index in [0.29, 0.717) is 11.1 Å². The summed E-state index contributed by atoms with van der Waals surface area (Å²) in [4.78, 5) is 27.7. The Morgan fingerprint density at radius 2 is 1.76 bits per heavy atom. The lowest BCUT2D eigenvalue weighted by Crippen LogP contribution is -2.12. The van der Waals surface area contributed by atoms with Crippen molar-refractivity contribution >= 4 is 17.8 Å². The summed E-state index contributed by atoms with van der Waals surface area (Å²) in [5, 5.41) is 9.29. The summed E-state index contributed by atoms with van der Waals surface area (Å²) in [5.41, 5.74) is 2.51. The van der Waals surface area contributed by atoms with E-state index < -0.39 is 11.8 Å². The number of Topliss-reactive ketones (excluding diaryl/α,β-unsaturated/α-hetero) is 1. The third kappa shape index (κ3) is 3.63. The fourth-order valence-corrected chi connectivity index (χ4v) is 1.91. The second-order valence-corrected chi connectivity index (χ2v) is 4.79. The van der Waals surface area contributed by atoms with Crippen LogP contribution in [0.4, 0.5) is 0 Å². The molecule has 0 radical (unpaired) electrons. The van der Waals surface area contributed by atoms with Crippen molar-refractivity contribution in [1.82, 2.24) is 4.98 Å². The Balaban J connectivity index is 2.41. The number of rotatable bonds is 4. The molecule has 0 aliphatic carbocycles. The van der Waals surface area contributed by atoms with Gasteiger partial charge in [-0.3, -0.25) is 9.78 Å². The van der Waals surface area contributed by atoms with Crippen LogP contribution in [0.2, 0.25) is 0 Å². The molecule has 0 spiro atoms. The van der Waals surface area contributed by atoms with E-state index in [2.05, 4.69) is 4.98 Å². The molecular weight excluding hydrogens is 266 g/mol. The van der Waals surface area contributed by atoms with Gasteiger partial charge in [0.1, 0.15) is 5.57 Å². The lowest BCUT2D eigenvalue weighted by atomic mass is 10.0. The molecule has 1 aromatic heterocycles. The molecule has 0 aliphatic heterocycles. The van der Waals surface area contributed by atoms with E-state index >= 15 is 0 Å². The molecule has 0 saturated heterocycles. The number of nitrogens with zero attached hydrogens (tertiary/aromatic N) is 1. The SMILES string of the molecule is Cc1ccc(C(=O)/C(=C\c2ccnc(C)c2)C(=O)O)cc1. The number of aliphatic carboxylic acids is 1. The van der Waals surface area contributed by atoms with Crippen molar-refractivity contribution in [2.45, 2.75) is 13.8 Å². The highest BCUT2D eigenvalue weighted by Crippen LogP contribution is 2.14. The molecular formula is C17H15NO3. The summed E-state index contributed by atoms with van der Waals surface area (Å²) in [6.07, 6.45) is 2.95. The maximum absolute atomic E-state index is 12.3. The standard InChI is InChI=1S/C17H15NO3/c1-11-3-5-14(6-4-11)16(19)15(17(20)21)10-13-7-8-18-12(2)9-13/h3-10H,1-2H3,(H,20,21)/b15-10+. The van der Waals surface area contributed by atoms with Crippen LogP contribution in [0.1, 0.15) is 27.2 Å². The quantitative estimate of drug-likeness (QED) is 0.405. The molecule has 1 N–H and O–H groups in total. The van der Waals surface area contributed by atoms with Crippen molar-refractivity contribution in [3.05, 3.63) is 70.6 Å². The molecule has 106 valence electrons. The maximum Gasteiger partial charge on any atom is 0.339 e. The lowest BCUT2D eigenvalue weighted by Gasteiger charge is -2.04. The first-order valence-corrected chi connectivity index (χ1v) is 6.46. The van der Waals surface area contributed by atoms with Crippen LogP contribution in [-0.4, -0.2) is 21.8 Å². The van der Waals surface area contributed by atoms with Crippen molar-refractivity contribution < 1.29 is 14.7 Å². The Morgan fingerprint density at radius 1 is 1.10 bits per heavy atom. The number of aryl methyl sites for hydroxylation is 2. The predicted molar refractivity (Wildman–Crippen MR) is 80.1 cm³/mol. The van der Waals surface area contributed by atoms with Gasteiger partial charge in [-0.1, -0.05) is 29.8 Å². The smallest absolute Gasteiger partial charge is 0.339 e. The first-order chi connectivity index (χ1) is 9.97. The van der Waals surface area contributed by atoms with E-state index in [-0.39, 0.29) is 5.57 Å². The number of carboxylic acids is 1.